The Morgan fingerprint density at radius 3 is 2.67 bits per heavy atom. The fraction of sp³-hybridized carbons (Fsp3) is 0.385. The van der Waals surface area contributed by atoms with E-state index in [0.29, 0.717) is 15.2 Å². The van der Waals surface area contributed by atoms with Gasteiger partial charge in [-0.3, -0.25) is 4.79 Å². The Labute approximate surface area is 135 Å². The lowest BCUT2D eigenvalue weighted by molar-refractivity contribution is -0.143. The largest absolute Gasteiger partial charge is 0.480 e. The molecule has 0 aliphatic heterocycles. The predicted octanol–water partition coefficient (Wildman–Crippen LogP) is 1.82. The summed E-state index contributed by atoms with van der Waals surface area (Å²) in [6.07, 6.45) is -0.971. The van der Waals surface area contributed by atoms with Crippen LogP contribution in [0.3, 0.4) is 0 Å². The van der Waals surface area contributed by atoms with Crippen molar-refractivity contribution in [3.05, 3.63) is 27.7 Å². The summed E-state index contributed by atoms with van der Waals surface area (Å²) in [7, 11) is 0. The lowest BCUT2D eigenvalue weighted by Gasteiger charge is -2.19. The number of amides is 1. The molecule has 8 heteroatoms. The van der Waals surface area contributed by atoms with Gasteiger partial charge in [-0.1, -0.05) is 11.6 Å². The minimum atomic E-state index is -1.21. The Bertz CT molecular complexity index is 525. The second-order valence-corrected chi connectivity index (χ2v) is 5.54. The van der Waals surface area contributed by atoms with Gasteiger partial charge >= 0.3 is 5.97 Å². The molecular formula is C13H15BrClNO5. The molecule has 0 saturated heterocycles. The van der Waals surface area contributed by atoms with Crippen molar-refractivity contribution < 1.29 is 24.5 Å². The zero-order valence-electron chi connectivity index (χ0n) is 11.2. The average molecular weight is 381 g/mol. The highest BCUT2D eigenvalue weighted by atomic mass is 79.9. The first-order valence-corrected chi connectivity index (χ1v) is 7.28. The number of nitrogens with one attached hydrogen (secondary N) is 1. The summed E-state index contributed by atoms with van der Waals surface area (Å²) >= 11 is 9.06. The van der Waals surface area contributed by atoms with Crippen molar-refractivity contribution in [2.45, 2.75) is 25.5 Å². The molecule has 0 saturated carbocycles. The highest BCUT2D eigenvalue weighted by Crippen LogP contribution is 2.28. The summed E-state index contributed by atoms with van der Waals surface area (Å²) in [5.41, 5.74) is 0. The van der Waals surface area contributed by atoms with E-state index >= 15 is 0 Å². The molecule has 0 fully saturated rings. The second kappa shape index (κ2) is 8.21. The number of hydrogen-bond donors (Lipinski definition) is 3. The number of carbonyl (C=O) groups excluding carboxylic acids is 1. The van der Waals surface area contributed by atoms with Crippen LogP contribution in [0.4, 0.5) is 0 Å². The van der Waals surface area contributed by atoms with Gasteiger partial charge in [-0.25, -0.2) is 4.79 Å². The first-order valence-electron chi connectivity index (χ1n) is 6.11. The lowest BCUT2D eigenvalue weighted by Crippen LogP contribution is -2.46. The zero-order valence-corrected chi connectivity index (χ0v) is 13.5. The average Bonchev–Trinajstić information content (AvgIpc) is 2.41. The zero-order chi connectivity index (χ0) is 16.0. The van der Waals surface area contributed by atoms with E-state index in [1.54, 1.807) is 18.2 Å². The van der Waals surface area contributed by atoms with E-state index in [4.69, 9.17) is 26.6 Å². The lowest BCUT2D eigenvalue weighted by atomic mass is 10.2. The van der Waals surface area contributed by atoms with Crippen LogP contribution >= 0.6 is 27.5 Å². The molecule has 6 nitrogen and oxygen atoms in total. The van der Waals surface area contributed by atoms with Crippen molar-refractivity contribution in [3.8, 4) is 5.75 Å². The number of aliphatic hydroxyl groups excluding tert-OH is 1. The molecule has 1 amide bonds. The number of carboxylic acids is 1. The topological polar surface area (TPSA) is 95.9 Å². The predicted molar refractivity (Wildman–Crippen MR) is 80.5 cm³/mol. The SMILES string of the molecule is CC(Oc1ccc(Cl)cc1Br)C(=O)N[C@@H](CCO)C(=O)O. The van der Waals surface area contributed by atoms with E-state index in [2.05, 4.69) is 21.2 Å². The van der Waals surface area contributed by atoms with Crippen LogP contribution in [-0.4, -0.2) is 40.8 Å². The number of aliphatic hydroxyl groups is 1. The number of aliphatic carboxylic acids is 1. The summed E-state index contributed by atoms with van der Waals surface area (Å²) in [5.74, 6) is -1.38. The van der Waals surface area contributed by atoms with Gasteiger partial charge in [0.25, 0.3) is 5.91 Å². The molecule has 116 valence electrons. The van der Waals surface area contributed by atoms with Crippen LogP contribution in [0.5, 0.6) is 5.75 Å². The van der Waals surface area contributed by atoms with Crippen molar-refractivity contribution in [3.63, 3.8) is 0 Å². The van der Waals surface area contributed by atoms with Crippen molar-refractivity contribution >= 4 is 39.4 Å². The first kappa shape index (κ1) is 17.7. The van der Waals surface area contributed by atoms with Gasteiger partial charge in [-0.2, -0.15) is 0 Å². The molecule has 2 atom stereocenters. The molecular weight excluding hydrogens is 366 g/mol. The Balaban J connectivity index is 2.67. The van der Waals surface area contributed by atoms with Gasteiger partial charge in [0.1, 0.15) is 11.8 Å². The monoisotopic (exact) mass is 379 g/mol. The molecule has 0 heterocycles. The quantitative estimate of drug-likeness (QED) is 0.670. The van der Waals surface area contributed by atoms with Gasteiger partial charge < -0.3 is 20.3 Å². The van der Waals surface area contributed by atoms with Crippen LogP contribution < -0.4 is 10.1 Å². The van der Waals surface area contributed by atoms with Crippen molar-refractivity contribution in [2.75, 3.05) is 6.61 Å². The fourth-order valence-electron chi connectivity index (χ4n) is 1.49. The van der Waals surface area contributed by atoms with E-state index in [9.17, 15) is 9.59 Å². The molecule has 21 heavy (non-hydrogen) atoms. The Morgan fingerprint density at radius 1 is 1.48 bits per heavy atom. The van der Waals surface area contributed by atoms with Gasteiger partial charge in [0, 0.05) is 18.1 Å². The van der Waals surface area contributed by atoms with Crippen LogP contribution in [0.25, 0.3) is 0 Å². The normalized spacial score (nSPS) is 13.3. The number of carbonyl (C=O) groups is 2. The third kappa shape index (κ3) is 5.53. The van der Waals surface area contributed by atoms with Crippen molar-refractivity contribution in [1.82, 2.24) is 5.32 Å². The van der Waals surface area contributed by atoms with Crippen LogP contribution in [0.15, 0.2) is 22.7 Å². The van der Waals surface area contributed by atoms with E-state index in [1.807, 2.05) is 0 Å². The molecule has 0 aromatic heterocycles. The van der Waals surface area contributed by atoms with Gasteiger partial charge in [0.2, 0.25) is 0 Å². The Hall–Kier alpha value is -1.31. The summed E-state index contributed by atoms with van der Waals surface area (Å²) in [5, 5.41) is 20.5. The van der Waals surface area contributed by atoms with Crippen LogP contribution in [0.2, 0.25) is 5.02 Å². The third-order valence-corrected chi connectivity index (χ3v) is 3.45. The molecule has 1 unspecified atom stereocenters. The number of rotatable bonds is 7. The Morgan fingerprint density at radius 2 is 2.14 bits per heavy atom. The van der Waals surface area contributed by atoms with E-state index in [1.165, 1.54) is 6.92 Å². The first-order chi connectivity index (χ1) is 9.85. The smallest absolute Gasteiger partial charge is 0.326 e. The van der Waals surface area contributed by atoms with Gasteiger partial charge in [0.15, 0.2) is 6.10 Å². The Kier molecular flexibility index (Phi) is 6.94. The number of hydrogen-bond acceptors (Lipinski definition) is 4. The second-order valence-electron chi connectivity index (χ2n) is 4.25. The van der Waals surface area contributed by atoms with E-state index in [-0.39, 0.29) is 13.0 Å². The molecule has 1 rings (SSSR count). The minimum Gasteiger partial charge on any atom is -0.480 e. The molecule has 1 aromatic carbocycles. The van der Waals surface area contributed by atoms with Crippen LogP contribution in [0.1, 0.15) is 13.3 Å². The minimum absolute atomic E-state index is 0.0710. The van der Waals surface area contributed by atoms with Gasteiger partial charge in [-0.05, 0) is 41.1 Å². The maximum atomic E-state index is 11.9. The highest BCUT2D eigenvalue weighted by molar-refractivity contribution is 9.10. The molecule has 0 aliphatic carbocycles. The van der Waals surface area contributed by atoms with Crippen LogP contribution in [-0.2, 0) is 9.59 Å². The number of carboxylic acid groups (broad SMARTS) is 1. The third-order valence-electron chi connectivity index (χ3n) is 2.60. The molecule has 0 spiro atoms. The molecule has 3 N–H and O–H groups in total. The maximum Gasteiger partial charge on any atom is 0.326 e. The molecule has 0 radical (unpaired) electrons. The highest BCUT2D eigenvalue weighted by Gasteiger charge is 2.23. The van der Waals surface area contributed by atoms with Crippen LogP contribution in [0, 0.1) is 0 Å². The van der Waals surface area contributed by atoms with Gasteiger partial charge in [0.05, 0.1) is 4.47 Å². The molecule has 0 aliphatic rings. The molecule has 0 bridgehead atoms. The van der Waals surface area contributed by atoms with E-state index < -0.39 is 24.0 Å². The molecule has 1 aromatic rings. The maximum absolute atomic E-state index is 11.9. The van der Waals surface area contributed by atoms with Gasteiger partial charge in [-0.15, -0.1) is 0 Å². The summed E-state index contributed by atoms with van der Waals surface area (Å²) < 4.78 is 6.03. The number of ether oxygens (including phenoxy) is 1. The fourth-order valence-corrected chi connectivity index (χ4v) is 2.27. The van der Waals surface area contributed by atoms with Crippen molar-refractivity contribution in [1.29, 1.82) is 0 Å². The van der Waals surface area contributed by atoms with E-state index in [0.717, 1.165) is 0 Å². The number of halogens is 2. The summed E-state index contributed by atoms with van der Waals surface area (Å²) in [6.45, 7) is 1.16. The summed E-state index contributed by atoms with van der Waals surface area (Å²) in [4.78, 5) is 22.8. The van der Waals surface area contributed by atoms with Crippen molar-refractivity contribution in [2.24, 2.45) is 0 Å². The standard InChI is InChI=1S/C13H15BrClNO5/c1-7(12(18)16-10(4-5-17)13(19)20)21-11-3-2-8(15)6-9(11)14/h2-3,6-7,10,17H,4-5H2,1H3,(H,16,18)(H,19,20)/t7?,10-/m0/s1. The number of benzene rings is 1. The summed E-state index contributed by atoms with van der Waals surface area (Å²) in [6, 6.07) is 3.67.